The number of amides is 1. The summed E-state index contributed by atoms with van der Waals surface area (Å²) in [6.07, 6.45) is 12.5. The van der Waals surface area contributed by atoms with Crippen molar-refractivity contribution in [2.24, 2.45) is 5.73 Å². The van der Waals surface area contributed by atoms with Crippen molar-refractivity contribution >= 4 is 27.5 Å². The number of aryl methyl sites for hydroxylation is 1. The number of rotatable bonds is 5. The first-order chi connectivity index (χ1) is 12.2. The average molecular weight is 359 g/mol. The molecule has 134 valence electrons. The van der Waals surface area contributed by atoms with E-state index in [1.165, 1.54) is 29.7 Å². The van der Waals surface area contributed by atoms with E-state index in [1.807, 2.05) is 0 Å². The SMILES string of the molecule is NC(=O)CCC1CCCc2sc3ncnc(OC4CCCCC4)c3c21. The zero-order chi connectivity index (χ0) is 17.2. The molecule has 1 saturated carbocycles. The van der Waals surface area contributed by atoms with Gasteiger partial charge in [-0.1, -0.05) is 6.42 Å². The number of carbonyl (C=O) groups is 1. The van der Waals surface area contributed by atoms with E-state index in [2.05, 4.69) is 9.97 Å². The van der Waals surface area contributed by atoms with Crippen molar-refractivity contribution in [3.05, 3.63) is 16.8 Å². The van der Waals surface area contributed by atoms with Crippen LogP contribution in [0, 0.1) is 0 Å². The standard InChI is InChI=1S/C19H25N3O2S/c20-15(23)10-9-12-5-4-8-14-16(12)17-18(21-11-22-19(17)25-14)24-13-6-2-1-3-7-13/h11-13H,1-10H2,(H2,20,23). The maximum atomic E-state index is 11.3. The second kappa shape index (κ2) is 7.28. The Morgan fingerprint density at radius 3 is 2.84 bits per heavy atom. The van der Waals surface area contributed by atoms with Crippen molar-refractivity contribution in [3.8, 4) is 5.88 Å². The van der Waals surface area contributed by atoms with E-state index in [9.17, 15) is 4.79 Å². The number of fused-ring (bicyclic) bond motifs is 3. The van der Waals surface area contributed by atoms with Gasteiger partial charge in [0.25, 0.3) is 0 Å². The van der Waals surface area contributed by atoms with Gasteiger partial charge >= 0.3 is 0 Å². The molecule has 6 heteroatoms. The molecule has 4 rings (SSSR count). The number of carbonyl (C=O) groups excluding carboxylic acids is 1. The molecule has 0 bridgehead atoms. The summed E-state index contributed by atoms with van der Waals surface area (Å²) in [7, 11) is 0. The Labute approximate surface area is 152 Å². The van der Waals surface area contributed by atoms with Crippen molar-refractivity contribution < 1.29 is 9.53 Å². The van der Waals surface area contributed by atoms with E-state index < -0.39 is 0 Å². The molecule has 25 heavy (non-hydrogen) atoms. The third-order valence-electron chi connectivity index (χ3n) is 5.50. The first-order valence-corrected chi connectivity index (χ1v) is 10.2. The number of nitrogens with two attached hydrogens (primary N) is 1. The molecule has 0 aromatic carbocycles. The Kier molecular flexibility index (Phi) is 4.88. The van der Waals surface area contributed by atoms with Gasteiger partial charge in [0.1, 0.15) is 17.3 Å². The molecule has 2 aromatic heterocycles. The second-order valence-electron chi connectivity index (χ2n) is 7.27. The van der Waals surface area contributed by atoms with Gasteiger partial charge in [0.15, 0.2) is 0 Å². The Morgan fingerprint density at radius 1 is 1.20 bits per heavy atom. The van der Waals surface area contributed by atoms with Gasteiger partial charge in [-0.25, -0.2) is 9.97 Å². The summed E-state index contributed by atoms with van der Waals surface area (Å²) in [4.78, 5) is 22.7. The van der Waals surface area contributed by atoms with Crippen LogP contribution in [0.1, 0.15) is 74.1 Å². The van der Waals surface area contributed by atoms with Crippen LogP contribution in [-0.4, -0.2) is 22.0 Å². The highest BCUT2D eigenvalue weighted by Gasteiger charge is 2.29. The van der Waals surface area contributed by atoms with Crippen molar-refractivity contribution in [1.29, 1.82) is 0 Å². The summed E-state index contributed by atoms with van der Waals surface area (Å²) in [6.45, 7) is 0. The van der Waals surface area contributed by atoms with Gasteiger partial charge in [0.2, 0.25) is 11.8 Å². The van der Waals surface area contributed by atoms with Crippen LogP contribution >= 0.6 is 11.3 Å². The molecule has 1 atom stereocenters. The molecule has 2 heterocycles. The summed E-state index contributed by atoms with van der Waals surface area (Å²) in [5.41, 5.74) is 6.72. The van der Waals surface area contributed by atoms with Gasteiger partial charge in [-0.05, 0) is 62.8 Å². The molecular formula is C19H25N3O2S. The normalized spacial score (nSPS) is 21.2. The predicted octanol–water partition coefficient (Wildman–Crippen LogP) is 4.09. The van der Waals surface area contributed by atoms with Crippen molar-refractivity contribution in [2.45, 2.75) is 76.2 Å². The number of primary amides is 1. The summed E-state index contributed by atoms with van der Waals surface area (Å²) in [5, 5.41) is 1.10. The van der Waals surface area contributed by atoms with Crippen LogP contribution in [-0.2, 0) is 11.2 Å². The first-order valence-electron chi connectivity index (χ1n) is 9.43. The van der Waals surface area contributed by atoms with Gasteiger partial charge in [-0.2, -0.15) is 0 Å². The third kappa shape index (κ3) is 3.50. The molecule has 1 fully saturated rings. The predicted molar refractivity (Wildman–Crippen MR) is 99.0 cm³/mol. The average Bonchev–Trinajstić information content (AvgIpc) is 3.01. The lowest BCUT2D eigenvalue weighted by Crippen LogP contribution is -2.20. The second-order valence-corrected chi connectivity index (χ2v) is 8.35. The van der Waals surface area contributed by atoms with Gasteiger partial charge in [0, 0.05) is 11.3 Å². The molecule has 1 amide bonds. The minimum absolute atomic E-state index is 0.221. The van der Waals surface area contributed by atoms with E-state index in [0.717, 1.165) is 54.6 Å². The zero-order valence-corrected chi connectivity index (χ0v) is 15.3. The quantitative estimate of drug-likeness (QED) is 0.872. The summed E-state index contributed by atoms with van der Waals surface area (Å²) < 4.78 is 6.33. The van der Waals surface area contributed by atoms with Crippen LogP contribution in [0.15, 0.2) is 6.33 Å². The molecule has 2 aliphatic carbocycles. The number of hydrogen-bond donors (Lipinski definition) is 1. The van der Waals surface area contributed by atoms with Crippen LogP contribution in [0.25, 0.3) is 10.2 Å². The largest absolute Gasteiger partial charge is 0.474 e. The smallest absolute Gasteiger partial charge is 0.225 e. The topological polar surface area (TPSA) is 78.1 Å². The Morgan fingerprint density at radius 2 is 2.04 bits per heavy atom. The molecule has 2 N–H and O–H groups in total. The van der Waals surface area contributed by atoms with Gasteiger partial charge < -0.3 is 10.5 Å². The monoisotopic (exact) mass is 359 g/mol. The van der Waals surface area contributed by atoms with Crippen LogP contribution < -0.4 is 10.5 Å². The fraction of sp³-hybridized carbons (Fsp3) is 0.632. The Hall–Kier alpha value is -1.69. The lowest BCUT2D eigenvalue weighted by atomic mass is 9.83. The fourth-order valence-corrected chi connectivity index (χ4v) is 5.54. The maximum Gasteiger partial charge on any atom is 0.225 e. The fourth-order valence-electron chi connectivity index (χ4n) is 4.28. The Bertz CT molecular complexity index is 767. The van der Waals surface area contributed by atoms with E-state index >= 15 is 0 Å². The van der Waals surface area contributed by atoms with E-state index in [0.29, 0.717) is 12.3 Å². The number of hydrogen-bond acceptors (Lipinski definition) is 5. The highest BCUT2D eigenvalue weighted by Crippen LogP contribution is 2.46. The van der Waals surface area contributed by atoms with E-state index in [4.69, 9.17) is 10.5 Å². The summed E-state index contributed by atoms with van der Waals surface area (Å²) in [6, 6.07) is 0. The van der Waals surface area contributed by atoms with Crippen LogP contribution in [0.3, 0.4) is 0 Å². The molecule has 2 aliphatic rings. The van der Waals surface area contributed by atoms with Crippen LogP contribution in [0.5, 0.6) is 5.88 Å². The number of thiophene rings is 1. The summed E-state index contributed by atoms with van der Waals surface area (Å²) >= 11 is 1.77. The van der Waals surface area contributed by atoms with Crippen molar-refractivity contribution in [1.82, 2.24) is 9.97 Å². The Balaban J connectivity index is 1.69. The van der Waals surface area contributed by atoms with Crippen LogP contribution in [0.4, 0.5) is 0 Å². The number of nitrogens with zero attached hydrogens (tertiary/aromatic N) is 2. The minimum Gasteiger partial charge on any atom is -0.474 e. The maximum absolute atomic E-state index is 11.3. The molecule has 2 aromatic rings. The summed E-state index contributed by atoms with van der Waals surface area (Å²) in [5.74, 6) is 0.895. The van der Waals surface area contributed by atoms with Gasteiger partial charge in [-0.3, -0.25) is 4.79 Å². The van der Waals surface area contributed by atoms with Crippen LogP contribution in [0.2, 0.25) is 0 Å². The lowest BCUT2D eigenvalue weighted by molar-refractivity contribution is -0.118. The molecule has 0 spiro atoms. The highest BCUT2D eigenvalue weighted by molar-refractivity contribution is 7.18. The van der Waals surface area contributed by atoms with Crippen molar-refractivity contribution in [3.63, 3.8) is 0 Å². The molecular weight excluding hydrogens is 334 g/mol. The minimum atomic E-state index is -0.221. The van der Waals surface area contributed by atoms with Crippen molar-refractivity contribution in [2.75, 3.05) is 0 Å². The first kappa shape index (κ1) is 16.8. The van der Waals surface area contributed by atoms with Gasteiger partial charge in [-0.15, -0.1) is 11.3 Å². The third-order valence-corrected chi connectivity index (χ3v) is 6.68. The molecule has 0 radical (unpaired) electrons. The highest BCUT2D eigenvalue weighted by atomic mass is 32.1. The molecule has 0 saturated heterocycles. The molecule has 5 nitrogen and oxygen atoms in total. The van der Waals surface area contributed by atoms with E-state index in [-0.39, 0.29) is 12.0 Å². The molecule has 0 aliphatic heterocycles. The number of ether oxygens (including phenoxy) is 1. The van der Waals surface area contributed by atoms with E-state index in [1.54, 1.807) is 17.7 Å². The van der Waals surface area contributed by atoms with Gasteiger partial charge in [0.05, 0.1) is 5.39 Å². The zero-order valence-electron chi connectivity index (χ0n) is 14.5. The molecule has 1 unspecified atom stereocenters. The lowest BCUT2D eigenvalue weighted by Gasteiger charge is -2.25. The number of aromatic nitrogens is 2.